The van der Waals surface area contributed by atoms with Crippen LogP contribution in [0.1, 0.15) is 44.2 Å². The molecule has 0 unspecified atom stereocenters. The van der Waals surface area contributed by atoms with Gasteiger partial charge in [0, 0.05) is 11.5 Å². The monoisotopic (exact) mass is 281 g/mol. The van der Waals surface area contributed by atoms with Gasteiger partial charge in [-0.1, -0.05) is 60.7 Å². The van der Waals surface area contributed by atoms with Crippen molar-refractivity contribution in [3.63, 3.8) is 0 Å². The Morgan fingerprint density at radius 1 is 0.810 bits per heavy atom. The predicted molar refractivity (Wildman–Crippen MR) is 91.7 cm³/mol. The summed E-state index contributed by atoms with van der Waals surface area (Å²) in [6, 6.07) is 21.7. The van der Waals surface area contributed by atoms with Crippen LogP contribution in [0.25, 0.3) is 0 Å². The lowest BCUT2D eigenvalue weighted by Crippen LogP contribution is -2.39. The molecule has 0 amide bonds. The summed E-state index contributed by atoms with van der Waals surface area (Å²) in [5, 5.41) is 0. The molecule has 0 aliphatic rings. The quantitative estimate of drug-likeness (QED) is 0.750. The van der Waals surface area contributed by atoms with Crippen LogP contribution in [0, 0.1) is 0 Å². The Morgan fingerprint density at radius 2 is 1.24 bits per heavy atom. The van der Waals surface area contributed by atoms with Crippen LogP contribution in [0.4, 0.5) is 0 Å². The predicted octanol–water partition coefficient (Wildman–Crippen LogP) is 4.94. The van der Waals surface area contributed by atoms with Crippen molar-refractivity contribution in [3.05, 3.63) is 71.8 Å². The molecule has 0 fully saturated rings. The van der Waals surface area contributed by atoms with Gasteiger partial charge < -0.3 is 4.90 Å². The zero-order valence-corrected chi connectivity index (χ0v) is 13.7. The maximum Gasteiger partial charge on any atom is 0.0122 e. The lowest BCUT2D eigenvalue weighted by atomic mass is 9.88. The Bertz CT molecular complexity index is 485. The van der Waals surface area contributed by atoms with Gasteiger partial charge in [0.05, 0.1) is 0 Å². The highest BCUT2D eigenvalue weighted by Gasteiger charge is 2.20. The highest BCUT2D eigenvalue weighted by molar-refractivity contribution is 5.32. The molecule has 2 aromatic carbocycles. The minimum atomic E-state index is 0.220. The zero-order chi connectivity index (χ0) is 15.3. The van der Waals surface area contributed by atoms with Crippen LogP contribution in [-0.4, -0.2) is 24.0 Å². The molecule has 0 aliphatic heterocycles. The maximum absolute atomic E-state index is 2.44. The van der Waals surface area contributed by atoms with Gasteiger partial charge in [0.1, 0.15) is 0 Å². The molecule has 2 aromatic rings. The molecule has 0 saturated heterocycles. The molecule has 1 heteroatoms. The van der Waals surface area contributed by atoms with Gasteiger partial charge in [-0.25, -0.2) is 0 Å². The van der Waals surface area contributed by atoms with E-state index in [9.17, 15) is 0 Å². The van der Waals surface area contributed by atoms with Gasteiger partial charge in [0.2, 0.25) is 0 Å². The zero-order valence-electron chi connectivity index (χ0n) is 13.7. The Balaban J connectivity index is 2.18. The highest BCUT2D eigenvalue weighted by Crippen LogP contribution is 2.28. The Hall–Kier alpha value is -1.60. The molecule has 112 valence electrons. The summed E-state index contributed by atoms with van der Waals surface area (Å²) < 4.78 is 0. The van der Waals surface area contributed by atoms with Crippen LogP contribution >= 0.6 is 0 Å². The Kier molecular flexibility index (Phi) is 5.19. The normalized spacial score (nSPS) is 12.1. The summed E-state index contributed by atoms with van der Waals surface area (Å²) in [5.41, 5.74) is 3.04. The third-order valence-electron chi connectivity index (χ3n) is 4.30. The van der Waals surface area contributed by atoms with Crippen LogP contribution in [0.5, 0.6) is 0 Å². The van der Waals surface area contributed by atoms with Gasteiger partial charge in [-0.05, 0) is 51.9 Å². The summed E-state index contributed by atoms with van der Waals surface area (Å²) in [6.45, 7) is 7.91. The molecule has 0 saturated carbocycles. The second-order valence-corrected chi connectivity index (χ2v) is 6.76. The first-order chi connectivity index (χ1) is 9.98. The highest BCUT2D eigenvalue weighted by atomic mass is 15.1. The molecule has 0 bridgehead atoms. The van der Waals surface area contributed by atoms with Crippen LogP contribution in [-0.2, 0) is 0 Å². The first-order valence-electron chi connectivity index (χ1n) is 7.79. The summed E-state index contributed by atoms with van der Waals surface area (Å²) in [6.07, 6.45) is 1.14. The maximum atomic E-state index is 2.44. The largest absolute Gasteiger partial charge is 0.301 e. The van der Waals surface area contributed by atoms with Crippen molar-refractivity contribution in [2.45, 2.75) is 38.6 Å². The minimum Gasteiger partial charge on any atom is -0.301 e. The molecular formula is C20H27N. The van der Waals surface area contributed by atoms with Gasteiger partial charge >= 0.3 is 0 Å². The van der Waals surface area contributed by atoms with E-state index < -0.39 is 0 Å². The van der Waals surface area contributed by atoms with Gasteiger partial charge in [-0.15, -0.1) is 0 Å². The van der Waals surface area contributed by atoms with Gasteiger partial charge in [0.25, 0.3) is 0 Å². The summed E-state index contributed by atoms with van der Waals surface area (Å²) in [5.74, 6) is 0.470. The first kappa shape index (κ1) is 15.8. The molecule has 21 heavy (non-hydrogen) atoms. The SMILES string of the molecule is CN(CCC(c1ccccc1)c1ccccc1)C(C)(C)C. The van der Waals surface area contributed by atoms with Crippen molar-refractivity contribution in [1.82, 2.24) is 4.90 Å². The fraction of sp³-hybridized carbons (Fsp3) is 0.400. The fourth-order valence-corrected chi connectivity index (χ4v) is 2.55. The van der Waals surface area contributed by atoms with Crippen LogP contribution in [0.2, 0.25) is 0 Å². The number of nitrogens with zero attached hydrogens (tertiary/aromatic N) is 1. The van der Waals surface area contributed by atoms with E-state index in [-0.39, 0.29) is 5.54 Å². The topological polar surface area (TPSA) is 3.24 Å². The third kappa shape index (κ3) is 4.44. The molecule has 0 heterocycles. The van der Waals surface area contributed by atoms with E-state index in [0.717, 1.165) is 13.0 Å². The van der Waals surface area contributed by atoms with Gasteiger partial charge in [-0.3, -0.25) is 0 Å². The molecule has 2 rings (SSSR count). The third-order valence-corrected chi connectivity index (χ3v) is 4.30. The number of benzene rings is 2. The molecule has 0 spiro atoms. The lowest BCUT2D eigenvalue weighted by molar-refractivity contribution is 0.172. The standard InChI is InChI=1S/C20H27N/c1-20(2,3)21(4)16-15-19(17-11-7-5-8-12-17)18-13-9-6-10-14-18/h5-14,19H,15-16H2,1-4H3. The van der Waals surface area contributed by atoms with Crippen molar-refractivity contribution in [3.8, 4) is 0 Å². The van der Waals surface area contributed by atoms with E-state index in [2.05, 4.69) is 93.4 Å². The van der Waals surface area contributed by atoms with Crippen LogP contribution < -0.4 is 0 Å². The minimum absolute atomic E-state index is 0.220. The average Bonchev–Trinajstić information content (AvgIpc) is 2.48. The van der Waals surface area contributed by atoms with E-state index in [1.165, 1.54) is 11.1 Å². The number of rotatable bonds is 5. The second-order valence-electron chi connectivity index (χ2n) is 6.76. The van der Waals surface area contributed by atoms with Crippen molar-refractivity contribution < 1.29 is 0 Å². The fourth-order valence-electron chi connectivity index (χ4n) is 2.55. The Labute approximate surface area is 129 Å². The number of hydrogen-bond donors (Lipinski definition) is 0. The molecular weight excluding hydrogens is 254 g/mol. The van der Waals surface area contributed by atoms with Gasteiger partial charge in [0.15, 0.2) is 0 Å². The lowest BCUT2D eigenvalue weighted by Gasteiger charge is -2.33. The molecule has 0 radical (unpaired) electrons. The van der Waals surface area contributed by atoms with Crippen molar-refractivity contribution >= 4 is 0 Å². The average molecular weight is 281 g/mol. The van der Waals surface area contributed by atoms with E-state index in [0.29, 0.717) is 5.92 Å². The van der Waals surface area contributed by atoms with E-state index in [1.807, 2.05) is 0 Å². The van der Waals surface area contributed by atoms with Crippen LogP contribution in [0.15, 0.2) is 60.7 Å². The van der Waals surface area contributed by atoms with E-state index in [4.69, 9.17) is 0 Å². The van der Waals surface area contributed by atoms with Gasteiger partial charge in [-0.2, -0.15) is 0 Å². The molecule has 0 atom stereocenters. The first-order valence-corrected chi connectivity index (χ1v) is 7.79. The van der Waals surface area contributed by atoms with E-state index >= 15 is 0 Å². The van der Waals surface area contributed by atoms with E-state index in [1.54, 1.807) is 0 Å². The molecule has 0 aromatic heterocycles. The Morgan fingerprint density at radius 3 is 1.62 bits per heavy atom. The summed E-state index contributed by atoms with van der Waals surface area (Å²) in [7, 11) is 2.22. The smallest absolute Gasteiger partial charge is 0.0122 e. The molecule has 0 aliphatic carbocycles. The van der Waals surface area contributed by atoms with Crippen molar-refractivity contribution in [2.75, 3.05) is 13.6 Å². The molecule has 0 N–H and O–H groups in total. The molecule has 1 nitrogen and oxygen atoms in total. The summed E-state index contributed by atoms with van der Waals surface area (Å²) >= 11 is 0. The van der Waals surface area contributed by atoms with Crippen LogP contribution in [0.3, 0.4) is 0 Å². The van der Waals surface area contributed by atoms with Crippen molar-refractivity contribution in [1.29, 1.82) is 0 Å². The second kappa shape index (κ2) is 6.91. The summed E-state index contributed by atoms with van der Waals surface area (Å²) in [4.78, 5) is 2.44. The van der Waals surface area contributed by atoms with Crippen molar-refractivity contribution in [2.24, 2.45) is 0 Å². The number of hydrogen-bond acceptors (Lipinski definition) is 1.